The molecule has 2 fully saturated rings. The van der Waals surface area contributed by atoms with Gasteiger partial charge in [-0.2, -0.15) is 0 Å². The van der Waals surface area contributed by atoms with E-state index in [1.807, 2.05) is 0 Å². The monoisotopic (exact) mass is 274 g/mol. The Morgan fingerprint density at radius 1 is 1.27 bits per heavy atom. The molecule has 0 aromatic carbocycles. The van der Waals surface area contributed by atoms with Gasteiger partial charge in [-0.3, -0.25) is 4.79 Å². The number of rotatable bonds is 2. The van der Waals surface area contributed by atoms with E-state index in [2.05, 4.69) is 15.9 Å². The molecular formula is C12H19BrO2. The molecule has 86 valence electrons. The first kappa shape index (κ1) is 11.4. The van der Waals surface area contributed by atoms with Crippen LogP contribution in [0.3, 0.4) is 0 Å². The van der Waals surface area contributed by atoms with Crippen LogP contribution in [-0.4, -0.2) is 16.9 Å². The van der Waals surface area contributed by atoms with Crippen LogP contribution in [0, 0.1) is 5.92 Å². The molecule has 2 aliphatic rings. The maximum atomic E-state index is 11.4. The van der Waals surface area contributed by atoms with Crippen molar-refractivity contribution in [1.82, 2.24) is 0 Å². The number of hydrogen-bond acceptors (Lipinski definition) is 2. The van der Waals surface area contributed by atoms with Gasteiger partial charge in [-0.25, -0.2) is 0 Å². The summed E-state index contributed by atoms with van der Waals surface area (Å²) in [5, 5.41) is 0.816. The molecule has 0 bridgehead atoms. The predicted octanol–water partition coefficient (Wildman–Crippen LogP) is 3.43. The smallest absolute Gasteiger partial charge is 0.306 e. The van der Waals surface area contributed by atoms with Gasteiger partial charge in [-0.1, -0.05) is 35.2 Å². The van der Waals surface area contributed by atoms with Crippen molar-refractivity contribution in [2.24, 2.45) is 5.92 Å². The van der Waals surface area contributed by atoms with E-state index in [-0.39, 0.29) is 11.6 Å². The Morgan fingerprint density at radius 2 is 2.00 bits per heavy atom. The van der Waals surface area contributed by atoms with Crippen LogP contribution in [0.2, 0.25) is 0 Å². The maximum absolute atomic E-state index is 11.4. The van der Waals surface area contributed by atoms with Crippen molar-refractivity contribution in [1.29, 1.82) is 0 Å². The van der Waals surface area contributed by atoms with Gasteiger partial charge in [0.1, 0.15) is 5.60 Å². The second-order valence-electron chi connectivity index (χ2n) is 4.86. The van der Waals surface area contributed by atoms with Crippen molar-refractivity contribution in [3.63, 3.8) is 0 Å². The van der Waals surface area contributed by atoms with E-state index in [0.29, 0.717) is 12.3 Å². The molecule has 1 aliphatic carbocycles. The zero-order valence-corrected chi connectivity index (χ0v) is 10.7. The molecule has 1 unspecified atom stereocenters. The highest BCUT2D eigenvalue weighted by Gasteiger charge is 2.43. The predicted molar refractivity (Wildman–Crippen MR) is 63.0 cm³/mol. The number of alkyl halides is 1. The van der Waals surface area contributed by atoms with Gasteiger partial charge in [0, 0.05) is 11.8 Å². The zero-order valence-electron chi connectivity index (χ0n) is 9.14. The molecule has 0 amide bonds. The topological polar surface area (TPSA) is 26.3 Å². The lowest BCUT2D eigenvalue weighted by atomic mass is 9.74. The number of carbonyl (C=O) groups excluding carboxylic acids is 1. The minimum atomic E-state index is -0.171. The van der Waals surface area contributed by atoms with Crippen LogP contribution < -0.4 is 0 Å². The van der Waals surface area contributed by atoms with Gasteiger partial charge in [0.25, 0.3) is 0 Å². The van der Waals surface area contributed by atoms with E-state index in [1.165, 1.54) is 32.1 Å². The summed E-state index contributed by atoms with van der Waals surface area (Å²) in [6, 6.07) is 0. The summed E-state index contributed by atoms with van der Waals surface area (Å²) in [6.07, 6.45) is 9.09. The van der Waals surface area contributed by atoms with Crippen LogP contribution in [0.5, 0.6) is 0 Å². The number of ether oxygens (including phenoxy) is 1. The molecule has 3 heteroatoms. The standard InChI is InChI=1S/C12H19BrO2/c13-9-12(8-4-7-11(14)15-12)10-5-2-1-3-6-10/h10H,1-9H2. The van der Waals surface area contributed by atoms with Crippen molar-refractivity contribution in [2.45, 2.75) is 57.0 Å². The summed E-state index contributed by atoms with van der Waals surface area (Å²) in [5.74, 6) is 0.598. The Balaban J connectivity index is 2.08. The van der Waals surface area contributed by atoms with E-state index in [1.54, 1.807) is 0 Å². The first-order valence-corrected chi connectivity index (χ1v) is 7.17. The molecule has 1 saturated heterocycles. The van der Waals surface area contributed by atoms with Gasteiger partial charge in [-0.05, 0) is 31.6 Å². The van der Waals surface area contributed by atoms with E-state index >= 15 is 0 Å². The Morgan fingerprint density at radius 3 is 2.60 bits per heavy atom. The maximum Gasteiger partial charge on any atom is 0.306 e. The Bertz CT molecular complexity index is 236. The lowest BCUT2D eigenvalue weighted by Crippen LogP contribution is -2.47. The lowest BCUT2D eigenvalue weighted by molar-refractivity contribution is -0.172. The third-order valence-corrected chi connectivity index (χ3v) is 4.82. The molecule has 0 N–H and O–H groups in total. The fourth-order valence-corrected chi connectivity index (χ4v) is 3.83. The average molecular weight is 275 g/mol. The summed E-state index contributed by atoms with van der Waals surface area (Å²) >= 11 is 3.55. The summed E-state index contributed by atoms with van der Waals surface area (Å²) < 4.78 is 5.68. The van der Waals surface area contributed by atoms with E-state index in [0.717, 1.165) is 18.2 Å². The highest BCUT2D eigenvalue weighted by molar-refractivity contribution is 9.09. The van der Waals surface area contributed by atoms with Crippen LogP contribution >= 0.6 is 15.9 Å². The summed E-state index contributed by atoms with van der Waals surface area (Å²) in [5.41, 5.74) is -0.171. The van der Waals surface area contributed by atoms with Crippen LogP contribution in [-0.2, 0) is 9.53 Å². The SMILES string of the molecule is O=C1CCCC(CBr)(C2CCCCC2)O1. The summed E-state index contributed by atoms with van der Waals surface area (Å²) in [4.78, 5) is 11.4. The number of esters is 1. The van der Waals surface area contributed by atoms with Crippen molar-refractivity contribution in [3.8, 4) is 0 Å². The number of hydrogen-bond donors (Lipinski definition) is 0. The number of carbonyl (C=O) groups is 1. The minimum Gasteiger partial charge on any atom is -0.458 e. The molecule has 0 aromatic rings. The second-order valence-corrected chi connectivity index (χ2v) is 5.42. The third-order valence-electron chi connectivity index (χ3n) is 3.87. The third kappa shape index (κ3) is 2.38. The lowest BCUT2D eigenvalue weighted by Gasteiger charge is -2.43. The average Bonchev–Trinajstić information content (AvgIpc) is 2.30. The Hall–Kier alpha value is -0.0500. The largest absolute Gasteiger partial charge is 0.458 e. The molecule has 1 saturated carbocycles. The van der Waals surface area contributed by atoms with Gasteiger partial charge < -0.3 is 4.74 Å². The van der Waals surface area contributed by atoms with E-state index < -0.39 is 0 Å². The minimum absolute atomic E-state index is 0.00581. The molecular weight excluding hydrogens is 256 g/mol. The van der Waals surface area contributed by atoms with Gasteiger partial charge in [0.05, 0.1) is 0 Å². The first-order valence-electron chi connectivity index (χ1n) is 6.05. The number of halogens is 1. The number of cyclic esters (lactones) is 1. The van der Waals surface area contributed by atoms with E-state index in [9.17, 15) is 4.79 Å². The summed E-state index contributed by atoms with van der Waals surface area (Å²) in [6.45, 7) is 0. The van der Waals surface area contributed by atoms with Crippen LogP contribution in [0.1, 0.15) is 51.4 Å². The second kappa shape index (κ2) is 4.86. The van der Waals surface area contributed by atoms with Crippen LogP contribution in [0.15, 0.2) is 0 Å². The molecule has 15 heavy (non-hydrogen) atoms. The molecule has 2 rings (SSSR count). The molecule has 0 aromatic heterocycles. The van der Waals surface area contributed by atoms with Crippen molar-refractivity contribution < 1.29 is 9.53 Å². The van der Waals surface area contributed by atoms with Gasteiger partial charge in [-0.15, -0.1) is 0 Å². The zero-order chi connectivity index (χ0) is 10.7. The molecule has 1 atom stereocenters. The quantitative estimate of drug-likeness (QED) is 0.570. The summed E-state index contributed by atoms with van der Waals surface area (Å²) in [7, 11) is 0. The van der Waals surface area contributed by atoms with Gasteiger partial charge >= 0.3 is 5.97 Å². The molecule has 2 nitrogen and oxygen atoms in total. The molecule has 1 heterocycles. The van der Waals surface area contributed by atoms with Gasteiger partial charge in [0.2, 0.25) is 0 Å². The van der Waals surface area contributed by atoms with Crippen molar-refractivity contribution in [3.05, 3.63) is 0 Å². The van der Waals surface area contributed by atoms with Crippen LogP contribution in [0.25, 0.3) is 0 Å². The fraction of sp³-hybridized carbons (Fsp3) is 0.917. The first-order chi connectivity index (χ1) is 7.27. The van der Waals surface area contributed by atoms with Crippen molar-refractivity contribution in [2.75, 3.05) is 5.33 Å². The highest BCUT2D eigenvalue weighted by Crippen LogP contribution is 2.41. The van der Waals surface area contributed by atoms with Gasteiger partial charge in [0.15, 0.2) is 0 Å². The Kier molecular flexibility index (Phi) is 3.70. The normalized spacial score (nSPS) is 33.8. The molecule has 0 radical (unpaired) electrons. The molecule has 0 spiro atoms. The molecule has 1 aliphatic heterocycles. The van der Waals surface area contributed by atoms with Crippen LogP contribution in [0.4, 0.5) is 0 Å². The van der Waals surface area contributed by atoms with Crippen molar-refractivity contribution >= 4 is 21.9 Å². The van der Waals surface area contributed by atoms with E-state index in [4.69, 9.17) is 4.74 Å². The fourth-order valence-electron chi connectivity index (χ4n) is 2.98. The Labute approximate surface area is 99.9 Å². The highest BCUT2D eigenvalue weighted by atomic mass is 79.9.